The molecule has 0 aromatic heterocycles. The van der Waals surface area contributed by atoms with E-state index in [0.717, 1.165) is 5.57 Å². The maximum atomic E-state index is 4.27. The highest BCUT2D eigenvalue weighted by Crippen LogP contribution is 2.49. The Morgan fingerprint density at radius 1 is 1.10 bits per heavy atom. The number of thioether (sulfide) groups is 1. The van der Waals surface area contributed by atoms with Gasteiger partial charge in [-0.25, -0.2) is 0 Å². The van der Waals surface area contributed by atoms with Crippen molar-refractivity contribution in [2.75, 3.05) is 5.32 Å². The SMILES string of the molecule is C=C(C)[C@]1(c2ccccc2)Nc2ccccc2S[C@H]1C. The normalized spacial score (nSPS) is 24.6. The van der Waals surface area contributed by atoms with Gasteiger partial charge in [0, 0.05) is 15.8 Å². The molecule has 1 nitrogen and oxygen atoms in total. The zero-order valence-corrected chi connectivity index (χ0v) is 12.7. The molecule has 0 radical (unpaired) electrons. The number of para-hydroxylation sites is 1. The molecular formula is C18H19NS. The van der Waals surface area contributed by atoms with Crippen LogP contribution in [0.1, 0.15) is 19.4 Å². The minimum atomic E-state index is -0.208. The van der Waals surface area contributed by atoms with Gasteiger partial charge in [-0.2, -0.15) is 0 Å². The predicted octanol–water partition coefficient (Wildman–Crippen LogP) is 5.06. The number of rotatable bonds is 2. The molecule has 0 amide bonds. The molecule has 0 unspecified atom stereocenters. The van der Waals surface area contributed by atoms with Crippen LogP contribution in [0.2, 0.25) is 0 Å². The summed E-state index contributed by atoms with van der Waals surface area (Å²) in [6, 6.07) is 19.1. The molecule has 1 aliphatic rings. The van der Waals surface area contributed by atoms with E-state index in [4.69, 9.17) is 0 Å². The van der Waals surface area contributed by atoms with Crippen LogP contribution in [-0.4, -0.2) is 5.25 Å². The van der Waals surface area contributed by atoms with Crippen LogP contribution in [0.15, 0.2) is 71.6 Å². The van der Waals surface area contributed by atoms with E-state index in [1.165, 1.54) is 16.1 Å². The molecule has 1 heterocycles. The standard InChI is InChI=1S/C18H19NS/c1-13(2)18(15-9-5-4-6-10-15)14(3)20-17-12-8-7-11-16(17)19-18/h4-12,14,19H,1H2,2-3H3/t14-,18-/m0/s1. The van der Waals surface area contributed by atoms with Crippen molar-refractivity contribution in [3.63, 3.8) is 0 Å². The molecule has 0 saturated carbocycles. The summed E-state index contributed by atoms with van der Waals surface area (Å²) in [5.41, 5.74) is 3.42. The third-order valence-electron chi connectivity index (χ3n) is 4.03. The lowest BCUT2D eigenvalue weighted by molar-refractivity contribution is 0.562. The van der Waals surface area contributed by atoms with Gasteiger partial charge in [0.2, 0.25) is 0 Å². The van der Waals surface area contributed by atoms with Gasteiger partial charge in [-0.1, -0.05) is 49.0 Å². The number of nitrogens with one attached hydrogen (secondary N) is 1. The van der Waals surface area contributed by atoms with Crippen molar-refractivity contribution in [3.8, 4) is 0 Å². The van der Waals surface area contributed by atoms with Crippen LogP contribution in [0.25, 0.3) is 0 Å². The van der Waals surface area contributed by atoms with E-state index in [0.29, 0.717) is 5.25 Å². The lowest BCUT2D eigenvalue weighted by atomic mass is 9.80. The molecule has 2 atom stereocenters. The van der Waals surface area contributed by atoms with Crippen molar-refractivity contribution in [1.82, 2.24) is 0 Å². The summed E-state index contributed by atoms with van der Waals surface area (Å²) < 4.78 is 0. The Hall–Kier alpha value is -1.67. The molecule has 0 saturated heterocycles. The molecule has 0 aliphatic carbocycles. The van der Waals surface area contributed by atoms with Gasteiger partial charge < -0.3 is 5.32 Å². The maximum Gasteiger partial charge on any atom is 0.0954 e. The third-order valence-corrected chi connectivity index (χ3v) is 5.35. The average Bonchev–Trinajstić information content (AvgIpc) is 2.47. The molecule has 0 spiro atoms. The monoisotopic (exact) mass is 281 g/mol. The van der Waals surface area contributed by atoms with Gasteiger partial charge >= 0.3 is 0 Å². The topological polar surface area (TPSA) is 12.0 Å². The zero-order chi connectivity index (χ0) is 14.2. The van der Waals surface area contributed by atoms with Crippen molar-refractivity contribution >= 4 is 17.4 Å². The van der Waals surface area contributed by atoms with Crippen molar-refractivity contribution < 1.29 is 0 Å². The molecule has 1 N–H and O–H groups in total. The van der Waals surface area contributed by atoms with E-state index in [1.54, 1.807) is 0 Å². The fraction of sp³-hybridized carbons (Fsp3) is 0.222. The number of benzene rings is 2. The van der Waals surface area contributed by atoms with Crippen LogP contribution < -0.4 is 5.32 Å². The highest BCUT2D eigenvalue weighted by Gasteiger charge is 2.42. The Morgan fingerprint density at radius 2 is 1.75 bits per heavy atom. The second kappa shape index (κ2) is 5.02. The van der Waals surface area contributed by atoms with E-state index in [2.05, 4.69) is 80.3 Å². The van der Waals surface area contributed by atoms with Crippen LogP contribution in [0, 0.1) is 0 Å². The molecule has 0 fully saturated rings. The largest absolute Gasteiger partial charge is 0.370 e. The van der Waals surface area contributed by atoms with Crippen molar-refractivity contribution in [1.29, 1.82) is 0 Å². The van der Waals surface area contributed by atoms with Gasteiger partial charge in [-0.3, -0.25) is 0 Å². The number of hydrogen-bond donors (Lipinski definition) is 1. The molecule has 2 aromatic rings. The first-order valence-electron chi connectivity index (χ1n) is 6.90. The molecule has 3 rings (SSSR count). The van der Waals surface area contributed by atoms with Gasteiger partial charge in [-0.15, -0.1) is 11.8 Å². The zero-order valence-electron chi connectivity index (χ0n) is 11.9. The van der Waals surface area contributed by atoms with Gasteiger partial charge in [0.05, 0.1) is 5.54 Å². The first kappa shape index (κ1) is 13.3. The van der Waals surface area contributed by atoms with E-state index < -0.39 is 0 Å². The highest BCUT2D eigenvalue weighted by molar-refractivity contribution is 8.00. The van der Waals surface area contributed by atoms with E-state index in [1.807, 2.05) is 11.8 Å². The van der Waals surface area contributed by atoms with Gasteiger partial charge in [0.25, 0.3) is 0 Å². The molecule has 2 aromatic carbocycles. The van der Waals surface area contributed by atoms with Crippen LogP contribution in [-0.2, 0) is 5.54 Å². The van der Waals surface area contributed by atoms with Crippen LogP contribution in [0.5, 0.6) is 0 Å². The van der Waals surface area contributed by atoms with Crippen LogP contribution in [0.4, 0.5) is 5.69 Å². The minimum Gasteiger partial charge on any atom is -0.370 e. The lowest BCUT2D eigenvalue weighted by Crippen LogP contribution is -2.46. The van der Waals surface area contributed by atoms with E-state index in [9.17, 15) is 0 Å². The number of anilines is 1. The van der Waals surface area contributed by atoms with Crippen molar-refractivity contribution in [2.45, 2.75) is 29.5 Å². The summed E-state index contributed by atoms with van der Waals surface area (Å²) >= 11 is 1.92. The summed E-state index contributed by atoms with van der Waals surface area (Å²) in [6.45, 7) is 8.66. The molecule has 0 bridgehead atoms. The molecule has 2 heteroatoms. The lowest BCUT2D eigenvalue weighted by Gasteiger charge is -2.45. The first-order valence-corrected chi connectivity index (χ1v) is 7.78. The summed E-state index contributed by atoms with van der Waals surface area (Å²) in [6.07, 6.45) is 0. The van der Waals surface area contributed by atoms with Crippen molar-refractivity contribution in [3.05, 3.63) is 72.3 Å². The number of fused-ring (bicyclic) bond motifs is 1. The molecule has 1 aliphatic heterocycles. The van der Waals surface area contributed by atoms with Crippen LogP contribution in [0.3, 0.4) is 0 Å². The fourth-order valence-electron chi connectivity index (χ4n) is 2.97. The number of hydrogen-bond acceptors (Lipinski definition) is 2. The maximum absolute atomic E-state index is 4.27. The first-order chi connectivity index (χ1) is 9.64. The Balaban J connectivity index is 2.15. The minimum absolute atomic E-state index is 0.208. The predicted molar refractivity (Wildman–Crippen MR) is 88.3 cm³/mol. The van der Waals surface area contributed by atoms with Crippen molar-refractivity contribution in [2.24, 2.45) is 0 Å². The Morgan fingerprint density at radius 3 is 2.45 bits per heavy atom. The second-order valence-electron chi connectivity index (χ2n) is 5.34. The summed E-state index contributed by atoms with van der Waals surface area (Å²) in [5.74, 6) is 0. The summed E-state index contributed by atoms with van der Waals surface area (Å²) in [4.78, 5) is 1.31. The van der Waals surface area contributed by atoms with Gasteiger partial charge in [0.1, 0.15) is 0 Å². The van der Waals surface area contributed by atoms with Gasteiger partial charge in [0.15, 0.2) is 0 Å². The van der Waals surface area contributed by atoms with Gasteiger partial charge in [-0.05, 0) is 37.1 Å². The Labute approximate surface area is 125 Å². The molecule has 102 valence electrons. The fourth-order valence-corrected chi connectivity index (χ4v) is 4.33. The molecular weight excluding hydrogens is 262 g/mol. The quantitative estimate of drug-likeness (QED) is 0.772. The molecule has 20 heavy (non-hydrogen) atoms. The average molecular weight is 281 g/mol. The highest BCUT2D eigenvalue weighted by atomic mass is 32.2. The summed E-state index contributed by atoms with van der Waals surface area (Å²) in [5, 5.41) is 4.14. The van der Waals surface area contributed by atoms with E-state index in [-0.39, 0.29) is 5.54 Å². The Kier molecular flexibility index (Phi) is 3.35. The summed E-state index contributed by atoms with van der Waals surface area (Å²) in [7, 11) is 0. The smallest absolute Gasteiger partial charge is 0.0954 e. The second-order valence-corrected chi connectivity index (χ2v) is 6.72. The third kappa shape index (κ3) is 1.95. The van der Waals surface area contributed by atoms with Crippen LogP contribution >= 0.6 is 11.8 Å². The Bertz CT molecular complexity index is 635. The van der Waals surface area contributed by atoms with E-state index >= 15 is 0 Å².